The first kappa shape index (κ1) is 16.1. The fourth-order valence-electron chi connectivity index (χ4n) is 3.60. The van der Waals surface area contributed by atoms with Crippen molar-refractivity contribution in [2.24, 2.45) is 0 Å². The number of hydrogen-bond acceptors (Lipinski definition) is 4. The number of rotatable bonds is 2. The van der Waals surface area contributed by atoms with E-state index in [1.54, 1.807) is 60.7 Å². The maximum absolute atomic E-state index is 12.8. The highest BCUT2D eigenvalue weighted by Crippen LogP contribution is 2.17. The van der Waals surface area contributed by atoms with Gasteiger partial charge in [0.1, 0.15) is 0 Å². The standard InChI is InChI=1S/C22H12N2O4/c25-19-15-11-17-18(22(28)24(21(17)27)14-9-5-2-6-10-14)12-16(15)20(26)23(19)13-7-3-1-4-8-13/h1-12H. The Hall–Kier alpha value is -4.06. The van der Waals surface area contributed by atoms with Crippen LogP contribution in [0.5, 0.6) is 0 Å². The van der Waals surface area contributed by atoms with E-state index in [1.807, 2.05) is 0 Å². The Balaban J connectivity index is 1.89. The van der Waals surface area contributed by atoms with Crippen molar-refractivity contribution >= 4 is 21.5 Å². The van der Waals surface area contributed by atoms with Gasteiger partial charge in [-0.05, 0) is 36.4 Å². The highest BCUT2D eigenvalue weighted by molar-refractivity contribution is 5.98. The molecule has 0 spiro atoms. The molecule has 0 saturated carbocycles. The van der Waals surface area contributed by atoms with Gasteiger partial charge in [0.05, 0.1) is 32.9 Å². The van der Waals surface area contributed by atoms with E-state index < -0.39 is 22.2 Å². The first-order valence-electron chi connectivity index (χ1n) is 8.63. The second-order valence-corrected chi connectivity index (χ2v) is 6.51. The third-order valence-corrected chi connectivity index (χ3v) is 4.92. The molecule has 2 heterocycles. The first-order valence-corrected chi connectivity index (χ1v) is 8.63. The molecule has 0 amide bonds. The lowest BCUT2D eigenvalue weighted by molar-refractivity contribution is 0.988. The molecule has 0 fully saturated rings. The van der Waals surface area contributed by atoms with Crippen molar-refractivity contribution in [2.75, 3.05) is 0 Å². The smallest absolute Gasteiger partial charge is 0.266 e. The average Bonchev–Trinajstić information content (AvgIpc) is 3.12. The molecule has 5 aromatic rings. The van der Waals surface area contributed by atoms with Gasteiger partial charge in [0, 0.05) is 0 Å². The lowest BCUT2D eigenvalue weighted by atomic mass is 10.1. The van der Waals surface area contributed by atoms with E-state index in [1.165, 1.54) is 12.1 Å². The normalized spacial score (nSPS) is 11.4. The van der Waals surface area contributed by atoms with Crippen LogP contribution < -0.4 is 22.2 Å². The molecule has 0 saturated heterocycles. The van der Waals surface area contributed by atoms with Crippen LogP contribution in [0.25, 0.3) is 32.9 Å². The summed E-state index contributed by atoms with van der Waals surface area (Å²) in [4.78, 5) is 51.4. The van der Waals surface area contributed by atoms with E-state index in [-0.39, 0.29) is 21.5 Å². The second-order valence-electron chi connectivity index (χ2n) is 6.51. The van der Waals surface area contributed by atoms with Gasteiger partial charge in [-0.3, -0.25) is 19.2 Å². The van der Waals surface area contributed by atoms with Crippen molar-refractivity contribution in [1.29, 1.82) is 0 Å². The van der Waals surface area contributed by atoms with Crippen molar-refractivity contribution in [3.8, 4) is 11.4 Å². The average molecular weight is 368 g/mol. The van der Waals surface area contributed by atoms with Crippen LogP contribution in [0.4, 0.5) is 0 Å². The SMILES string of the molecule is O=c1c2cc3c(=O)n(-c4ccccc4)c(=O)c3cc2c(=O)n1-c1ccccc1. The topological polar surface area (TPSA) is 78.1 Å². The molecule has 0 aliphatic heterocycles. The third kappa shape index (κ3) is 2.08. The zero-order valence-electron chi connectivity index (χ0n) is 14.5. The first-order chi connectivity index (χ1) is 13.6. The van der Waals surface area contributed by atoms with Gasteiger partial charge in [0.15, 0.2) is 0 Å². The van der Waals surface area contributed by atoms with Crippen LogP contribution in [0, 0.1) is 0 Å². The molecule has 3 aromatic carbocycles. The molecule has 0 aliphatic rings. The Morgan fingerprint density at radius 2 is 0.714 bits per heavy atom. The molecule has 0 bridgehead atoms. The van der Waals surface area contributed by atoms with Gasteiger partial charge in [0.2, 0.25) is 0 Å². The van der Waals surface area contributed by atoms with Crippen LogP contribution in [-0.4, -0.2) is 9.13 Å². The van der Waals surface area contributed by atoms with E-state index in [2.05, 4.69) is 0 Å². The summed E-state index contributed by atoms with van der Waals surface area (Å²) in [7, 11) is 0. The summed E-state index contributed by atoms with van der Waals surface area (Å²) in [6.45, 7) is 0. The van der Waals surface area contributed by atoms with Crippen LogP contribution >= 0.6 is 0 Å². The van der Waals surface area contributed by atoms with E-state index in [0.29, 0.717) is 11.4 Å². The second kappa shape index (κ2) is 5.72. The molecule has 0 atom stereocenters. The van der Waals surface area contributed by atoms with E-state index in [0.717, 1.165) is 9.13 Å². The number of nitrogens with zero attached hydrogens (tertiary/aromatic N) is 2. The molecule has 134 valence electrons. The predicted molar refractivity (Wildman–Crippen MR) is 108 cm³/mol. The molecule has 5 rings (SSSR count). The lowest BCUT2D eigenvalue weighted by Crippen LogP contribution is -2.24. The number of hydrogen-bond donors (Lipinski definition) is 0. The van der Waals surface area contributed by atoms with Crippen LogP contribution in [-0.2, 0) is 0 Å². The van der Waals surface area contributed by atoms with Crippen molar-refractivity contribution in [3.05, 3.63) is 114 Å². The minimum atomic E-state index is -0.507. The van der Waals surface area contributed by atoms with Crippen molar-refractivity contribution < 1.29 is 0 Å². The Morgan fingerprint density at radius 1 is 0.429 bits per heavy atom. The number of benzene rings is 3. The minimum Gasteiger partial charge on any atom is -0.268 e. The summed E-state index contributed by atoms with van der Waals surface area (Å²) in [6, 6.07) is 19.8. The van der Waals surface area contributed by atoms with Gasteiger partial charge in [-0.15, -0.1) is 0 Å². The summed E-state index contributed by atoms with van der Waals surface area (Å²) in [5, 5.41) is 0.514. The Bertz CT molecular complexity index is 1370. The van der Waals surface area contributed by atoms with Crippen molar-refractivity contribution in [2.45, 2.75) is 0 Å². The van der Waals surface area contributed by atoms with E-state index in [4.69, 9.17) is 0 Å². The molecule has 0 aliphatic carbocycles. The summed E-state index contributed by atoms with van der Waals surface area (Å²) >= 11 is 0. The summed E-state index contributed by atoms with van der Waals surface area (Å²) in [5.41, 5.74) is -1.14. The zero-order chi connectivity index (χ0) is 19.4. The molecular weight excluding hydrogens is 356 g/mol. The number of aromatic nitrogens is 2. The monoisotopic (exact) mass is 368 g/mol. The fourth-order valence-corrected chi connectivity index (χ4v) is 3.60. The van der Waals surface area contributed by atoms with Crippen molar-refractivity contribution in [1.82, 2.24) is 9.13 Å². The van der Waals surface area contributed by atoms with Gasteiger partial charge in [-0.1, -0.05) is 36.4 Å². The fraction of sp³-hybridized carbons (Fsp3) is 0. The number of para-hydroxylation sites is 2. The van der Waals surface area contributed by atoms with Gasteiger partial charge in [0.25, 0.3) is 22.2 Å². The largest absolute Gasteiger partial charge is 0.268 e. The Morgan fingerprint density at radius 3 is 1.00 bits per heavy atom. The van der Waals surface area contributed by atoms with Crippen LogP contribution in [0.3, 0.4) is 0 Å². The van der Waals surface area contributed by atoms with Gasteiger partial charge < -0.3 is 0 Å². The molecule has 28 heavy (non-hydrogen) atoms. The highest BCUT2D eigenvalue weighted by atomic mass is 16.2. The maximum atomic E-state index is 12.8. The minimum absolute atomic E-state index is 0.128. The van der Waals surface area contributed by atoms with Crippen LogP contribution in [0.15, 0.2) is 92.0 Å². The number of fused-ring (bicyclic) bond motifs is 2. The molecular formula is C22H12N2O4. The Kier molecular flexibility index (Phi) is 3.30. The van der Waals surface area contributed by atoms with Gasteiger partial charge >= 0.3 is 0 Å². The summed E-state index contributed by atoms with van der Waals surface area (Å²) in [6.07, 6.45) is 0. The predicted octanol–water partition coefficient (Wildman–Crippen LogP) is 1.89. The highest BCUT2D eigenvalue weighted by Gasteiger charge is 2.20. The molecule has 6 nitrogen and oxygen atoms in total. The van der Waals surface area contributed by atoms with E-state index in [9.17, 15) is 19.2 Å². The van der Waals surface area contributed by atoms with Crippen LogP contribution in [0.2, 0.25) is 0 Å². The Labute approximate surface area is 156 Å². The molecule has 6 heteroatoms. The molecule has 0 unspecified atom stereocenters. The summed E-state index contributed by atoms with van der Waals surface area (Å²) < 4.78 is 2.12. The quantitative estimate of drug-likeness (QED) is 0.477. The van der Waals surface area contributed by atoms with Crippen molar-refractivity contribution in [3.63, 3.8) is 0 Å². The van der Waals surface area contributed by atoms with Gasteiger partial charge in [-0.2, -0.15) is 0 Å². The zero-order valence-corrected chi connectivity index (χ0v) is 14.5. The van der Waals surface area contributed by atoms with Gasteiger partial charge in [-0.25, -0.2) is 9.13 Å². The molecule has 2 aromatic heterocycles. The van der Waals surface area contributed by atoms with E-state index >= 15 is 0 Å². The summed E-state index contributed by atoms with van der Waals surface area (Å²) in [5.74, 6) is 0. The third-order valence-electron chi connectivity index (χ3n) is 4.92. The lowest BCUT2D eigenvalue weighted by Gasteiger charge is -1.98. The molecule has 0 radical (unpaired) electrons. The maximum Gasteiger partial charge on any atom is 0.266 e. The van der Waals surface area contributed by atoms with Crippen LogP contribution in [0.1, 0.15) is 0 Å². The molecule has 0 N–H and O–H groups in total.